The number of carbonyl (C=O) groups is 2. The maximum absolute atomic E-state index is 11.6. The van der Waals surface area contributed by atoms with Crippen molar-refractivity contribution in [3.05, 3.63) is 24.5 Å². The van der Waals surface area contributed by atoms with Gasteiger partial charge in [0, 0.05) is 13.0 Å². The summed E-state index contributed by atoms with van der Waals surface area (Å²) >= 11 is 16.3. The van der Waals surface area contributed by atoms with Crippen LogP contribution in [0.25, 0.3) is 0 Å². The van der Waals surface area contributed by atoms with Gasteiger partial charge in [0.1, 0.15) is 6.61 Å². The van der Waals surface area contributed by atoms with Crippen LogP contribution in [-0.2, 0) is 9.53 Å². The van der Waals surface area contributed by atoms with E-state index in [0.29, 0.717) is 0 Å². The highest BCUT2D eigenvalue weighted by Gasteiger charge is 2.26. The number of alkyl halides is 3. The predicted molar refractivity (Wildman–Crippen MR) is 65.0 cm³/mol. The molecule has 18 heavy (non-hydrogen) atoms. The molecule has 1 aromatic rings. The second-order valence-corrected chi connectivity index (χ2v) is 5.73. The fraction of sp³-hybridized carbons (Fsp3) is 0.300. The van der Waals surface area contributed by atoms with E-state index in [0.717, 1.165) is 4.57 Å². The Kier molecular flexibility index (Phi) is 5.19. The summed E-state index contributed by atoms with van der Waals surface area (Å²) in [4.78, 5) is 22.3. The molecule has 0 unspecified atom stereocenters. The van der Waals surface area contributed by atoms with Crippen molar-refractivity contribution in [1.82, 2.24) is 0 Å². The molecular weight excluding hydrogens is 304 g/mol. The van der Waals surface area contributed by atoms with E-state index in [1.54, 1.807) is 0 Å². The van der Waals surface area contributed by atoms with Gasteiger partial charge in [-0.1, -0.05) is 39.4 Å². The van der Waals surface area contributed by atoms with Gasteiger partial charge < -0.3 is 9.47 Å². The lowest BCUT2D eigenvalue weighted by Gasteiger charge is -2.08. The first-order valence-electron chi connectivity index (χ1n) is 4.71. The van der Waals surface area contributed by atoms with Crippen LogP contribution in [0.15, 0.2) is 24.5 Å². The van der Waals surface area contributed by atoms with Crippen molar-refractivity contribution in [2.75, 3.05) is 6.61 Å². The first kappa shape index (κ1) is 15.0. The summed E-state index contributed by atoms with van der Waals surface area (Å²) in [7, 11) is 0. The number of pyridine rings is 1. The highest BCUT2D eigenvalue weighted by molar-refractivity contribution is 6.67. The topological polar surface area (TPSA) is 56.5 Å². The molecule has 1 rings (SSSR count). The first-order chi connectivity index (χ1) is 8.28. The number of hydrogen-bond donors (Lipinski definition) is 0. The van der Waals surface area contributed by atoms with Gasteiger partial charge in [-0.3, -0.25) is 4.79 Å². The van der Waals surface area contributed by atoms with Crippen molar-refractivity contribution in [2.24, 2.45) is 0 Å². The molecule has 0 bridgehead atoms. The molecule has 0 aliphatic heterocycles. The zero-order chi connectivity index (χ0) is 13.8. The smallest absolute Gasteiger partial charge is 0.420 e. The molecule has 0 aromatic carbocycles. The molecule has 0 atom stereocenters. The number of ether oxygens (including phenoxy) is 2. The van der Waals surface area contributed by atoms with E-state index in [2.05, 4.69) is 0 Å². The second kappa shape index (κ2) is 6.22. The standard InChI is InChI=1S/C10H9Cl3NO4/c1-7(15)18-8-3-2-4-14(5-8)9(16)17-6-10(11,12)13/h2-5H,6H2,1H3/q+1. The van der Waals surface area contributed by atoms with Gasteiger partial charge in [-0.25, -0.2) is 0 Å². The van der Waals surface area contributed by atoms with Gasteiger partial charge in [0.05, 0.1) is 0 Å². The van der Waals surface area contributed by atoms with Crippen LogP contribution in [0.5, 0.6) is 5.75 Å². The van der Waals surface area contributed by atoms with Crippen LogP contribution >= 0.6 is 34.8 Å². The number of nitrogens with zero attached hydrogens (tertiary/aromatic N) is 1. The van der Waals surface area contributed by atoms with Crippen LogP contribution in [0, 0.1) is 0 Å². The molecule has 5 nitrogen and oxygen atoms in total. The molecule has 0 N–H and O–H groups in total. The third kappa shape index (κ3) is 5.53. The van der Waals surface area contributed by atoms with Crippen molar-refractivity contribution in [3.63, 3.8) is 0 Å². The van der Waals surface area contributed by atoms with Crippen molar-refractivity contribution in [1.29, 1.82) is 0 Å². The van der Waals surface area contributed by atoms with Crippen LogP contribution in [0.3, 0.4) is 0 Å². The Balaban J connectivity index is 2.71. The van der Waals surface area contributed by atoms with Gasteiger partial charge in [0.15, 0.2) is 11.9 Å². The van der Waals surface area contributed by atoms with E-state index < -0.39 is 15.9 Å². The molecule has 0 saturated carbocycles. The summed E-state index contributed by atoms with van der Waals surface area (Å²) in [5.41, 5.74) is 0. The fourth-order valence-electron chi connectivity index (χ4n) is 1.01. The minimum absolute atomic E-state index is 0.204. The lowest BCUT2D eigenvalue weighted by atomic mass is 10.4. The number of rotatable bonds is 2. The van der Waals surface area contributed by atoms with Crippen LogP contribution in [-0.4, -0.2) is 22.5 Å². The van der Waals surface area contributed by atoms with Crippen LogP contribution in [0.2, 0.25) is 0 Å². The number of esters is 1. The van der Waals surface area contributed by atoms with Gasteiger partial charge in [0.25, 0.3) is 0 Å². The van der Waals surface area contributed by atoms with Crippen LogP contribution in [0.4, 0.5) is 4.79 Å². The molecule has 0 fully saturated rings. The van der Waals surface area contributed by atoms with E-state index in [4.69, 9.17) is 44.3 Å². The Bertz CT molecular complexity index is 459. The summed E-state index contributed by atoms with van der Waals surface area (Å²) in [5, 5.41) is 0. The molecule has 0 saturated heterocycles. The number of hydrogen-bond acceptors (Lipinski definition) is 4. The fourth-order valence-corrected chi connectivity index (χ4v) is 1.18. The number of carbonyl (C=O) groups excluding carboxylic acids is 2. The van der Waals surface area contributed by atoms with E-state index in [-0.39, 0.29) is 12.4 Å². The normalized spacial score (nSPS) is 10.9. The monoisotopic (exact) mass is 312 g/mol. The van der Waals surface area contributed by atoms with Crippen molar-refractivity contribution in [2.45, 2.75) is 10.7 Å². The zero-order valence-corrected chi connectivity index (χ0v) is 11.5. The van der Waals surface area contributed by atoms with Gasteiger partial charge >= 0.3 is 12.1 Å². The summed E-state index contributed by atoms with van der Waals surface area (Å²) in [6, 6.07) is 3.02. The third-order valence-electron chi connectivity index (χ3n) is 1.61. The third-order valence-corrected chi connectivity index (χ3v) is 1.93. The summed E-state index contributed by atoms with van der Waals surface area (Å²) in [5.74, 6) is -0.293. The van der Waals surface area contributed by atoms with Gasteiger partial charge in [0.2, 0.25) is 9.99 Å². The first-order valence-corrected chi connectivity index (χ1v) is 5.85. The minimum Gasteiger partial charge on any atom is -0.420 e. The van der Waals surface area contributed by atoms with Crippen LogP contribution < -0.4 is 9.30 Å². The van der Waals surface area contributed by atoms with E-state index in [1.165, 1.54) is 31.5 Å². The SMILES string of the molecule is CC(=O)Oc1ccc[n+](C(=O)OCC(Cl)(Cl)Cl)c1. The van der Waals surface area contributed by atoms with E-state index in [1.807, 2.05) is 0 Å². The molecular formula is C10H9Cl3NO4+. The Morgan fingerprint density at radius 3 is 2.61 bits per heavy atom. The molecule has 0 radical (unpaired) electrons. The van der Waals surface area contributed by atoms with Crippen molar-refractivity contribution in [3.8, 4) is 5.75 Å². The zero-order valence-electron chi connectivity index (χ0n) is 9.23. The molecule has 98 valence electrons. The van der Waals surface area contributed by atoms with E-state index in [9.17, 15) is 9.59 Å². The molecule has 8 heteroatoms. The molecule has 1 aromatic heterocycles. The molecule has 0 aliphatic rings. The average Bonchev–Trinajstić information content (AvgIpc) is 2.24. The summed E-state index contributed by atoms with van der Waals surface area (Å²) in [6.45, 7) is 0.861. The Hall–Kier alpha value is -1.04. The lowest BCUT2D eigenvalue weighted by molar-refractivity contribution is -0.586. The Morgan fingerprint density at radius 1 is 1.39 bits per heavy atom. The van der Waals surface area contributed by atoms with Crippen molar-refractivity contribution < 1.29 is 23.6 Å². The summed E-state index contributed by atoms with van der Waals surface area (Å²) in [6.07, 6.45) is 1.94. The Morgan fingerprint density at radius 2 is 2.06 bits per heavy atom. The maximum Gasteiger partial charge on any atom is 0.602 e. The van der Waals surface area contributed by atoms with Gasteiger partial charge in [-0.2, -0.15) is 4.79 Å². The highest BCUT2D eigenvalue weighted by atomic mass is 35.6. The van der Waals surface area contributed by atoms with E-state index >= 15 is 0 Å². The van der Waals surface area contributed by atoms with Gasteiger partial charge in [-0.05, 0) is 6.07 Å². The molecule has 0 aliphatic carbocycles. The highest BCUT2D eigenvalue weighted by Crippen LogP contribution is 2.25. The minimum atomic E-state index is -1.68. The molecule has 0 spiro atoms. The average molecular weight is 314 g/mol. The lowest BCUT2D eigenvalue weighted by Crippen LogP contribution is -2.43. The molecule has 0 amide bonds. The second-order valence-electron chi connectivity index (χ2n) is 3.21. The van der Waals surface area contributed by atoms with Crippen molar-refractivity contribution >= 4 is 46.9 Å². The van der Waals surface area contributed by atoms with Gasteiger partial charge in [-0.15, -0.1) is 0 Å². The number of aromatic nitrogens is 1. The predicted octanol–water partition coefficient (Wildman–Crippen LogP) is 2.25. The largest absolute Gasteiger partial charge is 0.602 e. The quantitative estimate of drug-likeness (QED) is 0.477. The number of halogens is 3. The Labute approximate surface area is 118 Å². The van der Waals surface area contributed by atoms with Crippen LogP contribution in [0.1, 0.15) is 6.92 Å². The maximum atomic E-state index is 11.6. The summed E-state index contributed by atoms with van der Waals surface area (Å²) < 4.78 is 8.93. The molecule has 1 heterocycles.